The minimum absolute atomic E-state index is 0.0567. The molecule has 48 valence electrons. The van der Waals surface area contributed by atoms with Gasteiger partial charge in [0.05, 0.1) is 12.0 Å². The maximum atomic E-state index is 8.47. The summed E-state index contributed by atoms with van der Waals surface area (Å²) >= 11 is 0. The molecule has 0 spiro atoms. The first-order chi connectivity index (χ1) is 4.34. The van der Waals surface area contributed by atoms with E-state index in [-0.39, 0.29) is 5.92 Å². The molecular weight excluding hydrogens is 112 g/mol. The second kappa shape index (κ2) is 2.63. The first kappa shape index (κ1) is 6.28. The second-order valence-electron chi connectivity index (χ2n) is 2.45. The zero-order chi connectivity index (χ0) is 6.69. The molecule has 1 aliphatic carbocycles. The summed E-state index contributed by atoms with van der Waals surface area (Å²) in [5.41, 5.74) is 0.642. The van der Waals surface area contributed by atoms with Gasteiger partial charge in [0, 0.05) is 5.71 Å². The van der Waals surface area contributed by atoms with Crippen molar-refractivity contribution >= 4 is 5.71 Å². The van der Waals surface area contributed by atoms with E-state index >= 15 is 0 Å². The standard InChI is InChI=1S/C7H10N2/c8-5-6-3-1-2-4-7(6)9/h6,9H,1-4H2. The minimum Gasteiger partial charge on any atom is -0.308 e. The van der Waals surface area contributed by atoms with Crippen molar-refractivity contribution in [3.63, 3.8) is 0 Å². The molecule has 9 heavy (non-hydrogen) atoms. The van der Waals surface area contributed by atoms with Crippen molar-refractivity contribution in [2.75, 3.05) is 0 Å². The van der Waals surface area contributed by atoms with Crippen molar-refractivity contribution in [2.45, 2.75) is 25.7 Å². The van der Waals surface area contributed by atoms with E-state index in [1.54, 1.807) is 0 Å². The number of hydrogen-bond acceptors (Lipinski definition) is 2. The van der Waals surface area contributed by atoms with E-state index < -0.39 is 0 Å². The number of rotatable bonds is 0. The number of nitrogens with zero attached hydrogens (tertiary/aromatic N) is 1. The highest BCUT2D eigenvalue weighted by molar-refractivity contribution is 5.86. The maximum Gasteiger partial charge on any atom is 0.0838 e. The molecule has 1 N–H and O–H groups in total. The summed E-state index contributed by atoms with van der Waals surface area (Å²) in [7, 11) is 0. The molecule has 1 rings (SSSR count). The van der Waals surface area contributed by atoms with Gasteiger partial charge >= 0.3 is 0 Å². The van der Waals surface area contributed by atoms with Crippen LogP contribution in [0.4, 0.5) is 0 Å². The lowest BCUT2D eigenvalue weighted by Crippen LogP contribution is -2.15. The van der Waals surface area contributed by atoms with E-state index in [0.29, 0.717) is 5.71 Å². The minimum atomic E-state index is -0.0567. The van der Waals surface area contributed by atoms with E-state index in [1.807, 2.05) is 0 Å². The Labute approximate surface area is 55.0 Å². The average molecular weight is 122 g/mol. The summed E-state index contributed by atoms with van der Waals surface area (Å²) in [5.74, 6) is -0.0567. The molecule has 2 nitrogen and oxygen atoms in total. The Bertz CT molecular complexity index is 155. The Kier molecular flexibility index (Phi) is 1.84. The molecular formula is C7H10N2. The maximum absolute atomic E-state index is 8.47. The van der Waals surface area contributed by atoms with Gasteiger partial charge in [0.1, 0.15) is 0 Å². The van der Waals surface area contributed by atoms with Crippen molar-refractivity contribution in [1.29, 1.82) is 10.7 Å². The van der Waals surface area contributed by atoms with Crippen molar-refractivity contribution in [3.05, 3.63) is 0 Å². The molecule has 0 bridgehead atoms. The Balaban J connectivity index is 2.51. The highest BCUT2D eigenvalue weighted by Gasteiger charge is 2.17. The second-order valence-corrected chi connectivity index (χ2v) is 2.45. The molecule has 1 saturated carbocycles. The van der Waals surface area contributed by atoms with Gasteiger partial charge in [-0.1, -0.05) is 6.42 Å². The molecule has 0 aromatic rings. The van der Waals surface area contributed by atoms with Gasteiger partial charge in [-0.15, -0.1) is 0 Å². The van der Waals surface area contributed by atoms with Gasteiger partial charge in [0.25, 0.3) is 0 Å². The van der Waals surface area contributed by atoms with Crippen LogP contribution in [0.5, 0.6) is 0 Å². The number of hydrogen-bond donors (Lipinski definition) is 1. The molecule has 0 radical (unpaired) electrons. The Hall–Kier alpha value is -0.840. The fourth-order valence-corrected chi connectivity index (χ4v) is 1.15. The van der Waals surface area contributed by atoms with E-state index in [2.05, 4.69) is 6.07 Å². The van der Waals surface area contributed by atoms with Gasteiger partial charge < -0.3 is 5.41 Å². The Morgan fingerprint density at radius 3 is 2.78 bits per heavy atom. The van der Waals surface area contributed by atoms with Gasteiger partial charge in [0.2, 0.25) is 0 Å². The van der Waals surface area contributed by atoms with Crippen LogP contribution in [0.3, 0.4) is 0 Å². The van der Waals surface area contributed by atoms with E-state index in [1.165, 1.54) is 0 Å². The summed E-state index contributed by atoms with van der Waals surface area (Å²) in [6, 6.07) is 2.13. The molecule has 0 aliphatic heterocycles. The monoisotopic (exact) mass is 122 g/mol. The molecule has 0 saturated heterocycles. The molecule has 0 amide bonds. The first-order valence-corrected chi connectivity index (χ1v) is 3.31. The highest BCUT2D eigenvalue weighted by Crippen LogP contribution is 2.19. The van der Waals surface area contributed by atoms with E-state index in [0.717, 1.165) is 25.7 Å². The normalized spacial score (nSPS) is 27.4. The Morgan fingerprint density at radius 1 is 1.56 bits per heavy atom. The molecule has 0 heterocycles. The molecule has 1 unspecified atom stereocenters. The highest BCUT2D eigenvalue weighted by atomic mass is 14.5. The predicted octanol–water partition coefficient (Wildman–Crippen LogP) is 1.72. The van der Waals surface area contributed by atoms with Crippen molar-refractivity contribution in [1.82, 2.24) is 0 Å². The summed E-state index contributed by atoms with van der Waals surface area (Å²) in [6.07, 6.45) is 3.99. The largest absolute Gasteiger partial charge is 0.308 e. The van der Waals surface area contributed by atoms with Crippen LogP contribution in [0.15, 0.2) is 0 Å². The lowest BCUT2D eigenvalue weighted by atomic mass is 9.89. The summed E-state index contributed by atoms with van der Waals surface area (Å²) in [5, 5.41) is 15.8. The topological polar surface area (TPSA) is 47.6 Å². The molecule has 0 aromatic carbocycles. The van der Waals surface area contributed by atoms with Crippen LogP contribution in [-0.4, -0.2) is 5.71 Å². The van der Waals surface area contributed by atoms with Gasteiger partial charge in [-0.05, 0) is 19.3 Å². The fraction of sp³-hybridized carbons (Fsp3) is 0.714. The number of nitrogens with one attached hydrogen (secondary N) is 1. The zero-order valence-electron chi connectivity index (χ0n) is 5.35. The lowest BCUT2D eigenvalue weighted by molar-refractivity contribution is 0.598. The SMILES string of the molecule is N#CC1CCCCC1=N. The van der Waals surface area contributed by atoms with Crippen LogP contribution in [-0.2, 0) is 0 Å². The smallest absolute Gasteiger partial charge is 0.0838 e. The third-order valence-corrected chi connectivity index (χ3v) is 1.77. The van der Waals surface area contributed by atoms with Gasteiger partial charge in [-0.25, -0.2) is 0 Å². The Morgan fingerprint density at radius 2 is 2.33 bits per heavy atom. The van der Waals surface area contributed by atoms with Crippen molar-refractivity contribution in [3.8, 4) is 6.07 Å². The summed E-state index contributed by atoms with van der Waals surface area (Å²) in [6.45, 7) is 0. The number of nitriles is 1. The van der Waals surface area contributed by atoms with Gasteiger partial charge in [-0.3, -0.25) is 0 Å². The van der Waals surface area contributed by atoms with E-state index in [4.69, 9.17) is 10.7 Å². The third-order valence-electron chi connectivity index (χ3n) is 1.77. The van der Waals surface area contributed by atoms with Crippen molar-refractivity contribution < 1.29 is 0 Å². The predicted molar refractivity (Wildman–Crippen MR) is 35.3 cm³/mol. The average Bonchev–Trinajstić information content (AvgIpc) is 1.89. The van der Waals surface area contributed by atoms with Crippen LogP contribution in [0.2, 0.25) is 0 Å². The zero-order valence-corrected chi connectivity index (χ0v) is 5.35. The van der Waals surface area contributed by atoms with Crippen LogP contribution < -0.4 is 0 Å². The lowest BCUT2D eigenvalue weighted by Gasteiger charge is -2.15. The van der Waals surface area contributed by atoms with Crippen LogP contribution in [0, 0.1) is 22.7 Å². The van der Waals surface area contributed by atoms with Crippen LogP contribution in [0.1, 0.15) is 25.7 Å². The van der Waals surface area contributed by atoms with Crippen LogP contribution in [0.25, 0.3) is 0 Å². The van der Waals surface area contributed by atoms with Crippen molar-refractivity contribution in [2.24, 2.45) is 5.92 Å². The van der Waals surface area contributed by atoms with Gasteiger partial charge in [0.15, 0.2) is 0 Å². The molecule has 1 fully saturated rings. The quantitative estimate of drug-likeness (QED) is 0.522. The molecule has 0 aromatic heterocycles. The molecule has 1 atom stereocenters. The van der Waals surface area contributed by atoms with E-state index in [9.17, 15) is 0 Å². The first-order valence-electron chi connectivity index (χ1n) is 3.31. The van der Waals surface area contributed by atoms with Gasteiger partial charge in [-0.2, -0.15) is 5.26 Å². The molecule has 2 heteroatoms. The summed E-state index contributed by atoms with van der Waals surface area (Å²) < 4.78 is 0. The van der Waals surface area contributed by atoms with Crippen LogP contribution >= 0.6 is 0 Å². The molecule has 1 aliphatic rings. The summed E-state index contributed by atoms with van der Waals surface area (Å²) in [4.78, 5) is 0. The fourth-order valence-electron chi connectivity index (χ4n) is 1.15. The third kappa shape index (κ3) is 1.29.